The second-order valence-electron chi connectivity index (χ2n) is 3.97. The zero-order valence-electron chi connectivity index (χ0n) is 10.3. The number of halogens is 5. The van der Waals surface area contributed by atoms with Crippen molar-refractivity contribution in [3.05, 3.63) is 35.4 Å². The summed E-state index contributed by atoms with van der Waals surface area (Å²) < 4.78 is 63.1. The van der Waals surface area contributed by atoms with Gasteiger partial charge in [-0.25, -0.2) is 8.78 Å². The molecule has 1 aromatic carbocycles. The molecule has 0 bridgehead atoms. The summed E-state index contributed by atoms with van der Waals surface area (Å²) in [6.07, 6.45) is -7.57. The summed E-state index contributed by atoms with van der Waals surface area (Å²) >= 11 is 0. The Bertz CT molecular complexity index is 461. The molecule has 1 rings (SSSR count). The maximum absolute atomic E-state index is 12.8. The highest BCUT2D eigenvalue weighted by atomic mass is 19.4. The number of rotatable bonds is 5. The van der Waals surface area contributed by atoms with Crippen molar-refractivity contribution in [1.29, 1.82) is 0 Å². The fourth-order valence-electron chi connectivity index (χ4n) is 1.69. The smallest absolute Gasteiger partial charge is 0.332 e. The number of hydrogen-bond acceptors (Lipinski definition) is 2. The van der Waals surface area contributed by atoms with E-state index in [9.17, 15) is 26.7 Å². The third kappa shape index (κ3) is 4.16. The van der Waals surface area contributed by atoms with E-state index in [-0.39, 0.29) is 13.1 Å². The van der Waals surface area contributed by atoms with Gasteiger partial charge < -0.3 is 10.6 Å². The topological polar surface area (TPSA) is 46.3 Å². The van der Waals surface area contributed by atoms with E-state index < -0.39 is 36.2 Å². The molecule has 1 amide bonds. The quantitative estimate of drug-likeness (QED) is 0.848. The Labute approximate surface area is 112 Å². The molecule has 0 spiro atoms. The molecule has 20 heavy (non-hydrogen) atoms. The number of hydrogen-bond donors (Lipinski definition) is 1. The minimum absolute atomic E-state index is 0.118. The Hall–Kier alpha value is -1.70. The lowest BCUT2D eigenvalue weighted by Gasteiger charge is -2.23. The molecule has 8 heteroatoms. The van der Waals surface area contributed by atoms with Gasteiger partial charge in [-0.05, 0) is 12.1 Å². The lowest BCUT2D eigenvalue weighted by molar-refractivity contribution is -0.138. The first-order valence-corrected chi connectivity index (χ1v) is 5.71. The summed E-state index contributed by atoms with van der Waals surface area (Å²) in [7, 11) is 0. The molecule has 0 saturated carbocycles. The number of amides is 1. The van der Waals surface area contributed by atoms with Gasteiger partial charge >= 0.3 is 6.18 Å². The normalized spacial score (nSPS) is 11.8. The van der Waals surface area contributed by atoms with Crippen LogP contribution in [-0.2, 0) is 6.18 Å². The SMILES string of the molecule is NCCN(CC(F)F)C(=O)c1ccccc1C(F)(F)F. The number of alkyl halides is 5. The summed E-state index contributed by atoms with van der Waals surface area (Å²) in [5.41, 5.74) is 3.37. The van der Waals surface area contributed by atoms with E-state index in [1.807, 2.05) is 0 Å². The van der Waals surface area contributed by atoms with E-state index in [0.29, 0.717) is 4.90 Å². The van der Waals surface area contributed by atoms with Gasteiger partial charge in [0.05, 0.1) is 17.7 Å². The second kappa shape index (κ2) is 6.65. The number of carbonyl (C=O) groups excluding carboxylic acids is 1. The van der Waals surface area contributed by atoms with Crippen LogP contribution in [-0.4, -0.2) is 36.9 Å². The van der Waals surface area contributed by atoms with Crippen LogP contribution in [0, 0.1) is 0 Å². The Morgan fingerprint density at radius 3 is 2.35 bits per heavy atom. The predicted octanol–water partition coefficient (Wildman–Crippen LogP) is 2.37. The van der Waals surface area contributed by atoms with Crippen molar-refractivity contribution in [3.8, 4) is 0 Å². The average molecular weight is 296 g/mol. The van der Waals surface area contributed by atoms with Crippen molar-refractivity contribution in [2.24, 2.45) is 5.73 Å². The highest BCUT2D eigenvalue weighted by molar-refractivity contribution is 5.96. The summed E-state index contributed by atoms with van der Waals surface area (Å²) in [4.78, 5) is 12.6. The monoisotopic (exact) mass is 296 g/mol. The molecule has 0 unspecified atom stereocenters. The van der Waals surface area contributed by atoms with Crippen LogP contribution in [0.15, 0.2) is 24.3 Å². The van der Waals surface area contributed by atoms with Crippen LogP contribution < -0.4 is 5.73 Å². The zero-order chi connectivity index (χ0) is 15.3. The molecule has 0 fully saturated rings. The van der Waals surface area contributed by atoms with E-state index >= 15 is 0 Å². The Morgan fingerprint density at radius 1 is 1.25 bits per heavy atom. The summed E-state index contributed by atoms with van der Waals surface area (Å²) in [6.45, 7) is -1.32. The maximum atomic E-state index is 12.8. The molecule has 0 aliphatic rings. The van der Waals surface area contributed by atoms with Crippen LogP contribution in [0.5, 0.6) is 0 Å². The zero-order valence-corrected chi connectivity index (χ0v) is 10.3. The molecule has 0 aromatic heterocycles. The van der Waals surface area contributed by atoms with Gasteiger partial charge in [0.2, 0.25) is 0 Å². The summed E-state index contributed by atoms with van der Waals surface area (Å²) in [5.74, 6) is -1.11. The molecule has 0 radical (unpaired) electrons. The van der Waals surface area contributed by atoms with Crippen LogP contribution in [0.1, 0.15) is 15.9 Å². The van der Waals surface area contributed by atoms with Crippen LogP contribution in [0.25, 0.3) is 0 Å². The van der Waals surface area contributed by atoms with Gasteiger partial charge in [-0.2, -0.15) is 13.2 Å². The molecule has 0 heterocycles. The van der Waals surface area contributed by atoms with Crippen molar-refractivity contribution >= 4 is 5.91 Å². The molecule has 0 aliphatic heterocycles. The molecular formula is C12H13F5N2O. The molecule has 0 aliphatic carbocycles. The van der Waals surface area contributed by atoms with Crippen molar-refractivity contribution < 1.29 is 26.7 Å². The number of nitrogens with zero attached hydrogens (tertiary/aromatic N) is 1. The lowest BCUT2D eigenvalue weighted by Crippen LogP contribution is -2.39. The van der Waals surface area contributed by atoms with Crippen molar-refractivity contribution in [1.82, 2.24) is 4.90 Å². The van der Waals surface area contributed by atoms with E-state index in [1.54, 1.807) is 0 Å². The largest absolute Gasteiger partial charge is 0.417 e. The van der Waals surface area contributed by atoms with Gasteiger partial charge in [-0.15, -0.1) is 0 Å². The van der Waals surface area contributed by atoms with Gasteiger partial charge in [0.25, 0.3) is 12.3 Å². The molecular weight excluding hydrogens is 283 g/mol. The molecule has 2 N–H and O–H groups in total. The van der Waals surface area contributed by atoms with Crippen LogP contribution >= 0.6 is 0 Å². The molecule has 112 valence electrons. The Balaban J connectivity index is 3.12. The van der Waals surface area contributed by atoms with Crippen LogP contribution in [0.2, 0.25) is 0 Å². The maximum Gasteiger partial charge on any atom is 0.417 e. The van der Waals surface area contributed by atoms with Gasteiger partial charge in [-0.3, -0.25) is 4.79 Å². The standard InChI is InChI=1S/C12H13F5N2O/c13-10(14)7-19(6-5-18)11(20)8-3-1-2-4-9(8)12(15,16)17/h1-4,10H,5-7,18H2. The van der Waals surface area contributed by atoms with Crippen LogP contribution in [0.3, 0.4) is 0 Å². The summed E-state index contributed by atoms with van der Waals surface area (Å²) in [5, 5.41) is 0. The van der Waals surface area contributed by atoms with E-state index in [1.165, 1.54) is 6.07 Å². The number of nitrogens with two attached hydrogens (primary N) is 1. The number of benzene rings is 1. The van der Waals surface area contributed by atoms with Crippen molar-refractivity contribution in [2.75, 3.05) is 19.6 Å². The third-order valence-electron chi connectivity index (χ3n) is 2.51. The summed E-state index contributed by atoms with van der Waals surface area (Å²) in [6, 6.07) is 4.06. The van der Waals surface area contributed by atoms with Gasteiger partial charge in [0.1, 0.15) is 0 Å². The minimum Gasteiger partial charge on any atom is -0.332 e. The highest BCUT2D eigenvalue weighted by Crippen LogP contribution is 2.32. The van der Waals surface area contributed by atoms with Crippen LogP contribution in [0.4, 0.5) is 22.0 Å². The fraction of sp³-hybridized carbons (Fsp3) is 0.417. The molecule has 1 aromatic rings. The van der Waals surface area contributed by atoms with Gasteiger partial charge in [0.15, 0.2) is 0 Å². The first-order chi connectivity index (χ1) is 9.27. The average Bonchev–Trinajstić information content (AvgIpc) is 2.36. The second-order valence-corrected chi connectivity index (χ2v) is 3.97. The Kier molecular flexibility index (Phi) is 5.43. The highest BCUT2D eigenvalue weighted by Gasteiger charge is 2.36. The molecule has 0 atom stereocenters. The third-order valence-corrected chi connectivity index (χ3v) is 2.51. The van der Waals surface area contributed by atoms with Gasteiger partial charge in [-0.1, -0.05) is 12.1 Å². The van der Waals surface area contributed by atoms with E-state index in [0.717, 1.165) is 18.2 Å². The first-order valence-electron chi connectivity index (χ1n) is 5.71. The fourth-order valence-corrected chi connectivity index (χ4v) is 1.69. The van der Waals surface area contributed by atoms with Gasteiger partial charge in [0, 0.05) is 13.1 Å². The lowest BCUT2D eigenvalue weighted by atomic mass is 10.1. The van der Waals surface area contributed by atoms with Crippen molar-refractivity contribution in [3.63, 3.8) is 0 Å². The van der Waals surface area contributed by atoms with Crippen molar-refractivity contribution in [2.45, 2.75) is 12.6 Å². The number of carbonyl (C=O) groups is 1. The molecule has 3 nitrogen and oxygen atoms in total. The minimum atomic E-state index is -4.73. The first kappa shape index (κ1) is 16.4. The molecule has 0 saturated heterocycles. The predicted molar refractivity (Wildman–Crippen MR) is 62.4 cm³/mol. The van der Waals surface area contributed by atoms with E-state index in [4.69, 9.17) is 5.73 Å². The Morgan fingerprint density at radius 2 is 1.85 bits per heavy atom. The van der Waals surface area contributed by atoms with E-state index in [2.05, 4.69) is 0 Å².